The van der Waals surface area contributed by atoms with E-state index >= 15 is 0 Å². The summed E-state index contributed by atoms with van der Waals surface area (Å²) in [6, 6.07) is 3.13. The molecule has 4 nitrogen and oxygen atoms in total. The molecule has 0 radical (unpaired) electrons. The van der Waals surface area contributed by atoms with Crippen molar-refractivity contribution in [1.82, 2.24) is 0 Å². The number of aryl methyl sites for hydroxylation is 1. The van der Waals surface area contributed by atoms with E-state index in [0.29, 0.717) is 16.8 Å². The van der Waals surface area contributed by atoms with E-state index in [0.717, 1.165) is 12.8 Å². The van der Waals surface area contributed by atoms with E-state index in [1.807, 2.05) is 6.92 Å². The van der Waals surface area contributed by atoms with Crippen LogP contribution in [-0.2, 0) is 11.2 Å². The largest absolute Gasteiger partial charge is 0.617 e. The van der Waals surface area contributed by atoms with Gasteiger partial charge in [-0.3, -0.25) is 0 Å². The molecule has 0 aliphatic rings. The molecule has 1 aromatic rings. The summed E-state index contributed by atoms with van der Waals surface area (Å²) < 4.78 is 5.10. The second-order valence-electron chi connectivity index (χ2n) is 3.42. The van der Waals surface area contributed by atoms with Crippen LogP contribution in [0.5, 0.6) is 0 Å². The van der Waals surface area contributed by atoms with Crippen LogP contribution in [0.1, 0.15) is 35.8 Å². The smallest absolute Gasteiger partial charge is 0.345 e. The summed E-state index contributed by atoms with van der Waals surface area (Å²) in [7, 11) is 1.25. The third kappa shape index (κ3) is 2.64. The number of methoxy groups -OCH3 is 1. The average molecular weight is 244 g/mol. The monoisotopic (exact) mass is 243 g/mol. The Morgan fingerprint density at radius 3 is 2.81 bits per heavy atom. The first-order valence-corrected chi connectivity index (χ1v) is 5.48. The fourth-order valence-electron chi connectivity index (χ4n) is 1.36. The number of carbonyl (C=O) groups excluding carboxylic acids is 1. The Morgan fingerprint density at radius 1 is 1.56 bits per heavy atom. The summed E-state index contributed by atoms with van der Waals surface area (Å²) in [5, 5.41) is 11.6. The zero-order chi connectivity index (χ0) is 12.1. The van der Waals surface area contributed by atoms with Crippen molar-refractivity contribution < 1.29 is 14.3 Å². The molecule has 1 heterocycles. The number of esters is 1. The lowest BCUT2D eigenvalue weighted by atomic mass is 10.1. The molecule has 0 fully saturated rings. The van der Waals surface area contributed by atoms with E-state index in [2.05, 4.69) is 4.74 Å². The summed E-state index contributed by atoms with van der Waals surface area (Å²) in [4.78, 5) is 11.3. The molecule has 0 bridgehead atoms. The molecular formula is C11H14ClNO3. The number of pyridine rings is 1. The van der Waals surface area contributed by atoms with Gasteiger partial charge in [-0.2, -0.15) is 4.73 Å². The fourth-order valence-corrected chi connectivity index (χ4v) is 1.61. The molecule has 0 saturated heterocycles. The zero-order valence-electron chi connectivity index (χ0n) is 9.33. The molecule has 1 aromatic heterocycles. The van der Waals surface area contributed by atoms with Crippen molar-refractivity contribution in [3.63, 3.8) is 0 Å². The van der Waals surface area contributed by atoms with Crippen LogP contribution in [0.3, 0.4) is 0 Å². The number of hydrogen-bond donors (Lipinski definition) is 0. The van der Waals surface area contributed by atoms with E-state index in [9.17, 15) is 10.0 Å². The van der Waals surface area contributed by atoms with Crippen molar-refractivity contribution in [2.75, 3.05) is 7.11 Å². The number of ether oxygens (including phenoxy) is 1. The standard InChI is InChI=1S/C11H14ClNO3/c1-3-4-5-8-6-7-9(11(14)16-2)10(12)13(8)15/h6-7H,3-5H2,1-2H3. The zero-order valence-corrected chi connectivity index (χ0v) is 10.1. The number of carbonyl (C=O) groups is 1. The minimum absolute atomic E-state index is 0.0967. The molecule has 0 atom stereocenters. The molecule has 0 aliphatic carbocycles. The molecule has 0 saturated carbocycles. The maximum Gasteiger partial charge on any atom is 0.345 e. The number of rotatable bonds is 4. The molecule has 0 amide bonds. The Hall–Kier alpha value is -1.29. The van der Waals surface area contributed by atoms with Gasteiger partial charge in [-0.05, 0) is 24.1 Å². The molecule has 1 rings (SSSR count). The molecular weight excluding hydrogens is 230 g/mol. The number of unbranched alkanes of at least 4 members (excludes halogenated alkanes) is 1. The number of hydrogen-bond acceptors (Lipinski definition) is 3. The van der Waals surface area contributed by atoms with Crippen LogP contribution < -0.4 is 4.73 Å². The molecule has 0 unspecified atom stereocenters. The van der Waals surface area contributed by atoms with Gasteiger partial charge < -0.3 is 9.94 Å². The highest BCUT2D eigenvalue weighted by molar-refractivity contribution is 6.31. The first-order chi connectivity index (χ1) is 7.61. The van der Waals surface area contributed by atoms with Gasteiger partial charge in [0.1, 0.15) is 5.56 Å². The molecule has 5 heteroatoms. The fraction of sp³-hybridized carbons (Fsp3) is 0.455. The van der Waals surface area contributed by atoms with E-state index in [-0.39, 0.29) is 10.7 Å². The Balaban J connectivity index is 3.03. The summed E-state index contributed by atoms with van der Waals surface area (Å²) in [6.07, 6.45) is 2.56. The molecule has 0 aliphatic heterocycles. The summed E-state index contributed by atoms with van der Waals surface area (Å²) in [6.45, 7) is 2.04. The van der Waals surface area contributed by atoms with Gasteiger partial charge in [-0.15, -0.1) is 0 Å². The first kappa shape index (κ1) is 12.8. The van der Waals surface area contributed by atoms with Crippen LogP contribution >= 0.6 is 11.6 Å². The number of nitrogens with zero attached hydrogens (tertiary/aromatic N) is 1. The maximum atomic E-state index is 11.7. The Bertz CT molecular complexity index is 393. The third-order valence-corrected chi connectivity index (χ3v) is 2.65. The molecule has 0 N–H and O–H groups in total. The summed E-state index contributed by atoms with van der Waals surface area (Å²) in [5.41, 5.74) is 0.666. The van der Waals surface area contributed by atoms with Crippen LogP contribution in [0.2, 0.25) is 5.15 Å². The van der Waals surface area contributed by atoms with Crippen LogP contribution in [0.25, 0.3) is 0 Å². The predicted octanol–water partition coefficient (Wildman–Crippen LogP) is 2.10. The van der Waals surface area contributed by atoms with Crippen molar-refractivity contribution in [3.05, 3.63) is 33.8 Å². The molecule has 88 valence electrons. The van der Waals surface area contributed by atoms with Gasteiger partial charge in [0.2, 0.25) is 0 Å². The van der Waals surface area contributed by atoms with Crippen molar-refractivity contribution in [2.24, 2.45) is 0 Å². The maximum absolute atomic E-state index is 11.7. The minimum Gasteiger partial charge on any atom is -0.617 e. The minimum atomic E-state index is -0.600. The lowest BCUT2D eigenvalue weighted by Gasteiger charge is -2.07. The molecule has 0 aromatic carbocycles. The van der Waals surface area contributed by atoms with Crippen molar-refractivity contribution in [1.29, 1.82) is 0 Å². The lowest BCUT2D eigenvalue weighted by Crippen LogP contribution is -2.35. The first-order valence-electron chi connectivity index (χ1n) is 5.11. The third-order valence-electron chi connectivity index (χ3n) is 2.30. The van der Waals surface area contributed by atoms with Gasteiger partial charge >= 0.3 is 11.1 Å². The predicted molar refractivity (Wildman–Crippen MR) is 60.4 cm³/mol. The Kier molecular flexibility index (Phi) is 4.55. The quantitative estimate of drug-likeness (QED) is 0.352. The highest BCUT2D eigenvalue weighted by atomic mass is 35.5. The van der Waals surface area contributed by atoms with Gasteiger partial charge in [0.25, 0.3) is 0 Å². The van der Waals surface area contributed by atoms with Crippen LogP contribution in [0.15, 0.2) is 12.1 Å². The number of halogens is 1. The second-order valence-corrected chi connectivity index (χ2v) is 3.78. The SMILES string of the molecule is CCCCc1ccc(C(=O)OC)c(Cl)[n+]1[O-]. The topological polar surface area (TPSA) is 53.2 Å². The lowest BCUT2D eigenvalue weighted by molar-refractivity contribution is -0.611. The van der Waals surface area contributed by atoms with Crippen molar-refractivity contribution >= 4 is 17.6 Å². The molecule has 0 spiro atoms. The van der Waals surface area contributed by atoms with Crippen LogP contribution in [0, 0.1) is 5.21 Å². The normalized spacial score (nSPS) is 10.2. The van der Waals surface area contributed by atoms with Crippen molar-refractivity contribution in [2.45, 2.75) is 26.2 Å². The van der Waals surface area contributed by atoms with Crippen LogP contribution in [0.4, 0.5) is 0 Å². The van der Waals surface area contributed by atoms with E-state index in [1.165, 1.54) is 13.2 Å². The van der Waals surface area contributed by atoms with Gasteiger partial charge in [-0.1, -0.05) is 13.3 Å². The summed E-state index contributed by atoms with van der Waals surface area (Å²) in [5.74, 6) is -0.600. The average Bonchev–Trinajstić information content (AvgIpc) is 2.30. The van der Waals surface area contributed by atoms with Gasteiger partial charge in [0.05, 0.1) is 7.11 Å². The van der Waals surface area contributed by atoms with Crippen LogP contribution in [-0.4, -0.2) is 13.1 Å². The van der Waals surface area contributed by atoms with E-state index < -0.39 is 5.97 Å². The van der Waals surface area contributed by atoms with E-state index in [1.54, 1.807) is 6.07 Å². The van der Waals surface area contributed by atoms with Crippen molar-refractivity contribution in [3.8, 4) is 0 Å². The highest BCUT2D eigenvalue weighted by Gasteiger charge is 2.20. The Labute approximate surface area is 99.4 Å². The summed E-state index contributed by atoms with van der Waals surface area (Å²) >= 11 is 5.80. The van der Waals surface area contributed by atoms with Gasteiger partial charge in [0.15, 0.2) is 5.69 Å². The highest BCUT2D eigenvalue weighted by Crippen LogP contribution is 2.14. The van der Waals surface area contributed by atoms with Gasteiger partial charge in [-0.25, -0.2) is 4.79 Å². The molecule has 16 heavy (non-hydrogen) atoms. The Morgan fingerprint density at radius 2 is 2.25 bits per heavy atom. The van der Waals surface area contributed by atoms with Gasteiger partial charge in [0, 0.05) is 12.5 Å². The second kappa shape index (κ2) is 5.70. The van der Waals surface area contributed by atoms with E-state index in [4.69, 9.17) is 11.6 Å². The number of aromatic nitrogens is 1.